The standard InChI is InChI=1S/C11H12BrFN2O2/c12-7-1-2-9(13)8(5-7)10-6-15(3-4-16)11(17)14-10/h1-2,5,10,16H,3-4,6H2,(H,14,17). The molecule has 92 valence electrons. The topological polar surface area (TPSA) is 52.6 Å². The second-order valence-electron chi connectivity index (χ2n) is 3.84. The average molecular weight is 303 g/mol. The molecular weight excluding hydrogens is 291 g/mol. The zero-order valence-corrected chi connectivity index (χ0v) is 10.6. The summed E-state index contributed by atoms with van der Waals surface area (Å²) in [7, 11) is 0. The molecule has 0 aliphatic carbocycles. The first-order chi connectivity index (χ1) is 8.11. The Morgan fingerprint density at radius 3 is 3.06 bits per heavy atom. The quantitative estimate of drug-likeness (QED) is 0.892. The molecule has 1 heterocycles. The smallest absolute Gasteiger partial charge is 0.318 e. The fraction of sp³-hybridized carbons (Fsp3) is 0.364. The third-order valence-electron chi connectivity index (χ3n) is 2.69. The Hall–Kier alpha value is -1.14. The molecule has 1 fully saturated rings. The van der Waals surface area contributed by atoms with Crippen LogP contribution < -0.4 is 5.32 Å². The fourth-order valence-electron chi connectivity index (χ4n) is 1.86. The molecule has 2 amide bonds. The van der Waals surface area contributed by atoms with Crippen molar-refractivity contribution >= 4 is 22.0 Å². The first-order valence-corrected chi connectivity index (χ1v) is 6.02. The second kappa shape index (κ2) is 5.01. The van der Waals surface area contributed by atoms with Crippen LogP contribution in [0.15, 0.2) is 22.7 Å². The SMILES string of the molecule is O=C1NC(c2cc(Br)ccc2F)CN1CCO. The number of carbonyl (C=O) groups is 1. The molecule has 1 aromatic carbocycles. The van der Waals surface area contributed by atoms with Crippen LogP contribution in [-0.4, -0.2) is 35.7 Å². The van der Waals surface area contributed by atoms with Crippen LogP contribution in [0.1, 0.15) is 11.6 Å². The Morgan fingerprint density at radius 2 is 2.35 bits per heavy atom. The number of hydrogen-bond donors (Lipinski definition) is 2. The van der Waals surface area contributed by atoms with Crippen molar-refractivity contribution in [1.29, 1.82) is 0 Å². The van der Waals surface area contributed by atoms with Gasteiger partial charge in [-0.2, -0.15) is 0 Å². The normalized spacial score (nSPS) is 19.6. The lowest BCUT2D eigenvalue weighted by Gasteiger charge is -2.13. The van der Waals surface area contributed by atoms with Crippen LogP contribution in [0.3, 0.4) is 0 Å². The summed E-state index contributed by atoms with van der Waals surface area (Å²) >= 11 is 3.27. The molecule has 0 spiro atoms. The maximum Gasteiger partial charge on any atom is 0.318 e. The van der Waals surface area contributed by atoms with Gasteiger partial charge in [-0.1, -0.05) is 15.9 Å². The van der Waals surface area contributed by atoms with Crippen LogP contribution in [0.25, 0.3) is 0 Å². The van der Waals surface area contributed by atoms with Gasteiger partial charge in [-0.25, -0.2) is 9.18 Å². The molecule has 1 aromatic rings. The van der Waals surface area contributed by atoms with Gasteiger partial charge in [-0.05, 0) is 18.2 Å². The number of carbonyl (C=O) groups excluding carboxylic acids is 1. The maximum absolute atomic E-state index is 13.6. The van der Waals surface area contributed by atoms with E-state index in [0.717, 1.165) is 4.47 Å². The number of halogens is 2. The summed E-state index contributed by atoms with van der Waals surface area (Å²) in [6.07, 6.45) is 0. The van der Waals surface area contributed by atoms with E-state index in [9.17, 15) is 9.18 Å². The Labute approximate surface area is 107 Å². The van der Waals surface area contributed by atoms with Crippen LogP contribution in [0.4, 0.5) is 9.18 Å². The summed E-state index contributed by atoms with van der Waals surface area (Å²) in [5, 5.41) is 11.5. The molecule has 1 aliphatic heterocycles. The molecule has 0 aromatic heterocycles. The molecule has 0 radical (unpaired) electrons. The van der Waals surface area contributed by atoms with E-state index in [2.05, 4.69) is 21.2 Å². The predicted molar refractivity (Wildman–Crippen MR) is 64.0 cm³/mol. The predicted octanol–water partition coefficient (Wildman–Crippen LogP) is 1.65. The molecule has 4 nitrogen and oxygen atoms in total. The summed E-state index contributed by atoms with van der Waals surface area (Å²) in [5.41, 5.74) is 0.452. The van der Waals surface area contributed by atoms with E-state index < -0.39 is 0 Å². The first kappa shape index (κ1) is 12.3. The molecule has 1 saturated heterocycles. The number of urea groups is 1. The summed E-state index contributed by atoms with van der Waals surface area (Å²) in [6, 6.07) is 3.99. The third kappa shape index (κ3) is 2.58. The van der Waals surface area contributed by atoms with Crippen molar-refractivity contribution in [2.45, 2.75) is 6.04 Å². The lowest BCUT2D eigenvalue weighted by molar-refractivity contribution is 0.196. The van der Waals surface area contributed by atoms with Crippen LogP contribution in [0.2, 0.25) is 0 Å². The van der Waals surface area contributed by atoms with E-state index in [4.69, 9.17) is 5.11 Å². The number of benzene rings is 1. The van der Waals surface area contributed by atoms with Gasteiger partial charge < -0.3 is 15.3 Å². The van der Waals surface area contributed by atoms with Crippen molar-refractivity contribution in [2.75, 3.05) is 19.7 Å². The molecule has 6 heteroatoms. The largest absolute Gasteiger partial charge is 0.395 e. The van der Waals surface area contributed by atoms with Gasteiger partial charge in [-0.15, -0.1) is 0 Å². The molecule has 0 saturated carbocycles. The van der Waals surface area contributed by atoms with Crippen molar-refractivity contribution in [2.24, 2.45) is 0 Å². The van der Waals surface area contributed by atoms with E-state index in [0.29, 0.717) is 12.1 Å². The molecule has 1 aliphatic rings. The van der Waals surface area contributed by atoms with E-state index in [1.54, 1.807) is 12.1 Å². The minimum atomic E-state index is -0.369. The molecule has 1 atom stereocenters. The monoisotopic (exact) mass is 302 g/mol. The van der Waals surface area contributed by atoms with Gasteiger partial charge in [0.1, 0.15) is 5.82 Å². The van der Waals surface area contributed by atoms with Crippen molar-refractivity contribution in [3.8, 4) is 0 Å². The summed E-state index contributed by atoms with van der Waals surface area (Å²) in [5.74, 6) is -0.343. The lowest BCUT2D eigenvalue weighted by atomic mass is 10.1. The Bertz CT molecular complexity index is 441. The van der Waals surface area contributed by atoms with Gasteiger partial charge in [0, 0.05) is 23.1 Å². The van der Waals surface area contributed by atoms with E-state index in [-0.39, 0.29) is 31.0 Å². The highest BCUT2D eigenvalue weighted by Gasteiger charge is 2.30. The minimum Gasteiger partial charge on any atom is -0.395 e. The van der Waals surface area contributed by atoms with Crippen molar-refractivity contribution in [3.05, 3.63) is 34.1 Å². The minimum absolute atomic E-state index is 0.0961. The van der Waals surface area contributed by atoms with E-state index in [1.165, 1.54) is 11.0 Å². The first-order valence-electron chi connectivity index (χ1n) is 5.23. The average Bonchev–Trinajstić information content (AvgIpc) is 2.64. The van der Waals surface area contributed by atoms with Crippen LogP contribution in [0.5, 0.6) is 0 Å². The van der Waals surface area contributed by atoms with E-state index >= 15 is 0 Å². The summed E-state index contributed by atoms with van der Waals surface area (Å²) in [6.45, 7) is 0.534. The molecule has 2 rings (SSSR count). The highest BCUT2D eigenvalue weighted by Crippen LogP contribution is 2.25. The summed E-state index contributed by atoms with van der Waals surface area (Å²) < 4.78 is 14.4. The van der Waals surface area contributed by atoms with E-state index in [1.807, 2.05) is 0 Å². The number of nitrogens with zero attached hydrogens (tertiary/aromatic N) is 1. The number of aliphatic hydroxyl groups excluding tert-OH is 1. The molecule has 1 unspecified atom stereocenters. The Morgan fingerprint density at radius 1 is 1.59 bits per heavy atom. The number of aliphatic hydroxyl groups is 1. The number of β-amino-alcohol motifs (C(OH)–C–C–N with tert-alkyl or cyclic N) is 1. The second-order valence-corrected chi connectivity index (χ2v) is 4.75. The third-order valence-corrected chi connectivity index (χ3v) is 3.18. The van der Waals surface area contributed by atoms with Gasteiger partial charge in [-0.3, -0.25) is 0 Å². The summed E-state index contributed by atoms with van der Waals surface area (Å²) in [4.78, 5) is 13.0. The van der Waals surface area contributed by atoms with Gasteiger partial charge in [0.2, 0.25) is 0 Å². The number of nitrogens with one attached hydrogen (secondary N) is 1. The number of amides is 2. The highest BCUT2D eigenvalue weighted by atomic mass is 79.9. The zero-order chi connectivity index (χ0) is 12.4. The molecular formula is C11H12BrFN2O2. The van der Waals surface area contributed by atoms with Crippen LogP contribution in [-0.2, 0) is 0 Å². The van der Waals surface area contributed by atoms with Crippen molar-refractivity contribution in [1.82, 2.24) is 10.2 Å². The zero-order valence-electron chi connectivity index (χ0n) is 8.99. The van der Waals surface area contributed by atoms with Crippen molar-refractivity contribution < 1.29 is 14.3 Å². The molecule has 0 bridgehead atoms. The van der Waals surface area contributed by atoms with Crippen molar-refractivity contribution in [3.63, 3.8) is 0 Å². The Balaban J connectivity index is 2.19. The Kier molecular flexibility index (Phi) is 3.63. The lowest BCUT2D eigenvalue weighted by Crippen LogP contribution is -2.30. The van der Waals surface area contributed by atoms with Crippen LogP contribution in [0, 0.1) is 5.82 Å². The molecule has 17 heavy (non-hydrogen) atoms. The number of rotatable bonds is 3. The molecule has 2 N–H and O–H groups in total. The van der Waals surface area contributed by atoms with Gasteiger partial charge >= 0.3 is 6.03 Å². The van der Waals surface area contributed by atoms with Gasteiger partial charge in [0.25, 0.3) is 0 Å². The highest BCUT2D eigenvalue weighted by molar-refractivity contribution is 9.10. The van der Waals surface area contributed by atoms with Crippen LogP contribution >= 0.6 is 15.9 Å². The fourth-order valence-corrected chi connectivity index (χ4v) is 2.24. The van der Waals surface area contributed by atoms with Gasteiger partial charge in [0.15, 0.2) is 0 Å². The van der Waals surface area contributed by atoms with Gasteiger partial charge in [0.05, 0.1) is 12.6 Å². The number of hydrogen-bond acceptors (Lipinski definition) is 2. The maximum atomic E-state index is 13.6.